The van der Waals surface area contributed by atoms with Gasteiger partial charge in [0.25, 0.3) is 11.8 Å². The second-order valence-electron chi connectivity index (χ2n) is 12.3. The molecule has 6 rings (SSSR count). The number of aryl methyl sites for hydroxylation is 1. The zero-order chi connectivity index (χ0) is 32.6. The Hall–Kier alpha value is -4.41. The van der Waals surface area contributed by atoms with E-state index in [1.54, 1.807) is 36.1 Å². The van der Waals surface area contributed by atoms with Gasteiger partial charge in [-0.3, -0.25) is 14.5 Å². The fraction of sp³-hybridized carbons (Fsp3) is 0.333. The summed E-state index contributed by atoms with van der Waals surface area (Å²) in [5, 5.41) is 0. The fourth-order valence-electron chi connectivity index (χ4n) is 6.43. The number of likely N-dealkylation sites (N-methyl/N-ethyl adjacent to an activating group) is 1. The normalized spacial score (nSPS) is 15.5. The molecule has 0 bridgehead atoms. The molecule has 4 aromatic rings. The van der Waals surface area contributed by atoms with Crippen LogP contribution in [0.15, 0.2) is 78.9 Å². The fourth-order valence-corrected chi connectivity index (χ4v) is 6.43. The maximum atomic E-state index is 14.1. The number of alkyl halides is 3. The number of carbonyl (C=O) groups is 2. The number of amides is 2. The summed E-state index contributed by atoms with van der Waals surface area (Å²) >= 11 is 0. The monoisotopic (exact) mass is 629 g/mol. The van der Waals surface area contributed by atoms with Crippen LogP contribution >= 0.6 is 0 Å². The zero-order valence-electron chi connectivity index (χ0n) is 26.3. The largest absolute Gasteiger partial charge is 0.417 e. The third-order valence-electron chi connectivity index (χ3n) is 8.99. The van der Waals surface area contributed by atoms with Gasteiger partial charge in [-0.2, -0.15) is 13.2 Å². The molecule has 7 nitrogen and oxygen atoms in total. The number of carbonyl (C=O) groups excluding carboxylic acids is 2. The minimum Gasteiger partial charge on any atom is -0.335 e. The SMILES string of the molecule is Cc1cc(C(=O)N2Cc3ccc(C(=O)N4CCN(CCN(C)C)CC4)n3Cc3ccccc32)ccc1-c1ccccc1C(F)(F)F. The number of para-hydroxylation sites is 1. The average molecular weight is 630 g/mol. The van der Waals surface area contributed by atoms with Crippen molar-refractivity contribution in [2.45, 2.75) is 26.2 Å². The molecule has 46 heavy (non-hydrogen) atoms. The van der Waals surface area contributed by atoms with Crippen molar-refractivity contribution in [1.82, 2.24) is 19.3 Å². The van der Waals surface area contributed by atoms with Gasteiger partial charge in [0.05, 0.1) is 18.7 Å². The summed E-state index contributed by atoms with van der Waals surface area (Å²) in [7, 11) is 4.12. The van der Waals surface area contributed by atoms with Crippen molar-refractivity contribution in [1.29, 1.82) is 0 Å². The Morgan fingerprint density at radius 1 is 0.804 bits per heavy atom. The predicted octanol–water partition coefficient (Wildman–Crippen LogP) is 6.01. The van der Waals surface area contributed by atoms with Crippen LogP contribution in [0.1, 0.15) is 43.2 Å². The number of rotatable bonds is 6. The first kappa shape index (κ1) is 31.6. The molecule has 3 aromatic carbocycles. The maximum absolute atomic E-state index is 14.1. The molecule has 0 unspecified atom stereocenters. The molecular weight excluding hydrogens is 591 g/mol. The molecule has 2 aliphatic heterocycles. The summed E-state index contributed by atoms with van der Waals surface area (Å²) < 4.78 is 43.3. The molecule has 1 fully saturated rings. The molecule has 10 heteroatoms. The van der Waals surface area contributed by atoms with E-state index >= 15 is 0 Å². The Labute approximate surface area is 267 Å². The van der Waals surface area contributed by atoms with Crippen LogP contribution < -0.4 is 4.90 Å². The van der Waals surface area contributed by atoms with Gasteiger partial charge >= 0.3 is 6.18 Å². The van der Waals surface area contributed by atoms with Crippen molar-refractivity contribution < 1.29 is 22.8 Å². The predicted molar refractivity (Wildman–Crippen MR) is 173 cm³/mol. The number of hydrogen-bond acceptors (Lipinski definition) is 4. The highest BCUT2D eigenvalue weighted by atomic mass is 19.4. The highest BCUT2D eigenvalue weighted by molar-refractivity contribution is 6.07. The van der Waals surface area contributed by atoms with Gasteiger partial charge in [-0.05, 0) is 79.7 Å². The summed E-state index contributed by atoms with van der Waals surface area (Å²) in [6, 6.07) is 21.7. The summed E-state index contributed by atoms with van der Waals surface area (Å²) in [4.78, 5) is 36.0. The van der Waals surface area contributed by atoms with Gasteiger partial charge < -0.3 is 19.3 Å². The van der Waals surface area contributed by atoms with Crippen molar-refractivity contribution in [2.24, 2.45) is 0 Å². The van der Waals surface area contributed by atoms with Crippen LogP contribution in [-0.4, -0.2) is 84.4 Å². The highest BCUT2D eigenvalue weighted by Gasteiger charge is 2.34. The summed E-state index contributed by atoms with van der Waals surface area (Å²) in [6.07, 6.45) is -4.50. The first-order chi connectivity index (χ1) is 22.0. The van der Waals surface area contributed by atoms with E-state index in [0.29, 0.717) is 42.0 Å². The number of fused-ring (bicyclic) bond motifs is 2. The van der Waals surface area contributed by atoms with Crippen LogP contribution in [0.2, 0.25) is 0 Å². The van der Waals surface area contributed by atoms with E-state index in [9.17, 15) is 22.8 Å². The average Bonchev–Trinajstić information content (AvgIpc) is 3.35. The minimum absolute atomic E-state index is 0.0129. The molecular formula is C36H38F3N5O2. The molecule has 0 N–H and O–H groups in total. The lowest BCUT2D eigenvalue weighted by atomic mass is 9.94. The summed E-state index contributed by atoms with van der Waals surface area (Å²) in [5.74, 6) is -0.274. The second-order valence-corrected chi connectivity index (χ2v) is 12.3. The Morgan fingerprint density at radius 3 is 2.24 bits per heavy atom. The van der Waals surface area contributed by atoms with Crippen LogP contribution in [0.25, 0.3) is 11.1 Å². The third kappa shape index (κ3) is 6.32. The van der Waals surface area contributed by atoms with Gasteiger partial charge in [-0.25, -0.2) is 0 Å². The number of hydrogen-bond donors (Lipinski definition) is 0. The standard InChI is InChI=1S/C36H38F3N5O2/c1-25-22-26(12-14-29(25)30-9-5-6-10-31(30)36(37,38)39)34(45)44-24-28-13-15-33(43(28)23-27-8-4-7-11-32(27)44)35(46)42-20-18-41(19-21-42)17-16-40(2)3/h4-15,22H,16-21,23-24H2,1-3H3. The van der Waals surface area contributed by atoms with Crippen LogP contribution in [0, 0.1) is 6.92 Å². The highest BCUT2D eigenvalue weighted by Crippen LogP contribution is 2.38. The molecule has 2 aliphatic rings. The molecule has 0 atom stereocenters. The Morgan fingerprint density at radius 2 is 1.52 bits per heavy atom. The van der Waals surface area contributed by atoms with Crippen molar-refractivity contribution in [3.63, 3.8) is 0 Å². The topological polar surface area (TPSA) is 52.0 Å². The first-order valence-corrected chi connectivity index (χ1v) is 15.5. The van der Waals surface area contributed by atoms with E-state index in [4.69, 9.17) is 0 Å². The molecule has 240 valence electrons. The molecule has 1 aromatic heterocycles. The summed E-state index contributed by atoms with van der Waals surface area (Å²) in [6.45, 7) is 7.35. The van der Waals surface area contributed by atoms with Crippen molar-refractivity contribution in [3.8, 4) is 11.1 Å². The van der Waals surface area contributed by atoms with Crippen LogP contribution in [0.4, 0.5) is 18.9 Å². The number of nitrogens with zero attached hydrogens (tertiary/aromatic N) is 5. The molecule has 0 aliphatic carbocycles. The smallest absolute Gasteiger partial charge is 0.335 e. The van der Waals surface area contributed by atoms with Crippen molar-refractivity contribution in [2.75, 3.05) is 58.3 Å². The molecule has 0 radical (unpaired) electrons. The van der Waals surface area contributed by atoms with Crippen molar-refractivity contribution >= 4 is 17.5 Å². The molecule has 0 spiro atoms. The lowest BCUT2D eigenvalue weighted by Gasteiger charge is -2.35. The van der Waals surface area contributed by atoms with Crippen LogP contribution in [-0.2, 0) is 19.3 Å². The molecule has 2 amide bonds. The van der Waals surface area contributed by atoms with Gasteiger partial charge in [-0.1, -0.05) is 42.5 Å². The molecule has 3 heterocycles. The Kier molecular flexibility index (Phi) is 8.76. The third-order valence-corrected chi connectivity index (χ3v) is 8.99. The van der Waals surface area contributed by atoms with Gasteiger partial charge in [0, 0.05) is 56.2 Å². The van der Waals surface area contributed by atoms with Gasteiger partial charge in [-0.15, -0.1) is 0 Å². The molecule has 1 saturated heterocycles. The van der Waals surface area contributed by atoms with Gasteiger partial charge in [0.2, 0.25) is 0 Å². The number of aromatic nitrogens is 1. The second kappa shape index (κ2) is 12.8. The molecule has 0 saturated carbocycles. The van der Waals surface area contributed by atoms with E-state index in [0.717, 1.165) is 49.2 Å². The number of halogens is 3. The maximum Gasteiger partial charge on any atom is 0.417 e. The lowest BCUT2D eigenvalue weighted by molar-refractivity contribution is -0.137. The first-order valence-electron chi connectivity index (χ1n) is 15.5. The van der Waals surface area contributed by atoms with E-state index in [1.807, 2.05) is 45.9 Å². The van der Waals surface area contributed by atoms with Crippen molar-refractivity contribution in [3.05, 3.63) is 113 Å². The van der Waals surface area contributed by atoms with Crippen LogP contribution in [0.5, 0.6) is 0 Å². The van der Waals surface area contributed by atoms with Crippen LogP contribution in [0.3, 0.4) is 0 Å². The Bertz CT molecular complexity index is 1750. The van der Waals surface area contributed by atoms with E-state index in [2.05, 4.69) is 23.9 Å². The zero-order valence-corrected chi connectivity index (χ0v) is 26.3. The summed E-state index contributed by atoms with van der Waals surface area (Å²) in [5.41, 5.74) is 3.83. The van der Waals surface area contributed by atoms with E-state index in [-0.39, 0.29) is 23.9 Å². The minimum atomic E-state index is -4.50. The van der Waals surface area contributed by atoms with Gasteiger partial charge in [0.1, 0.15) is 5.69 Å². The number of benzene rings is 3. The van der Waals surface area contributed by atoms with Gasteiger partial charge in [0.15, 0.2) is 0 Å². The van der Waals surface area contributed by atoms with E-state index < -0.39 is 11.7 Å². The van der Waals surface area contributed by atoms with E-state index in [1.165, 1.54) is 12.1 Å². The number of anilines is 1. The number of piperazine rings is 1. The quantitative estimate of drug-likeness (QED) is 0.262. The Balaban J connectivity index is 1.26. The lowest BCUT2D eigenvalue weighted by Crippen LogP contribution is -2.50.